The van der Waals surface area contributed by atoms with Crippen molar-refractivity contribution in [3.05, 3.63) is 48.0 Å². The molecule has 3 heteroatoms. The van der Waals surface area contributed by atoms with E-state index < -0.39 is 0 Å². The molecule has 0 aliphatic heterocycles. The second kappa shape index (κ2) is 10.1. The van der Waals surface area contributed by atoms with E-state index in [-0.39, 0.29) is 11.6 Å². The van der Waals surface area contributed by atoms with Crippen molar-refractivity contribution in [1.29, 1.82) is 0 Å². The number of unbranched alkanes of at least 4 members (excludes halogenated alkanes) is 6. The monoisotopic (exact) mass is 331 g/mol. The van der Waals surface area contributed by atoms with Gasteiger partial charge in [0, 0.05) is 11.6 Å². The van der Waals surface area contributed by atoms with Gasteiger partial charge in [-0.05, 0) is 37.1 Å². The van der Waals surface area contributed by atoms with Crippen LogP contribution in [0.5, 0.6) is 5.75 Å². The molecule has 0 fully saturated rings. The molecule has 0 radical (unpaired) electrons. The average molecular weight is 331 g/mol. The van der Waals surface area contributed by atoms with Gasteiger partial charge < -0.3 is 4.74 Å². The number of halogens is 1. The van der Waals surface area contributed by atoms with Gasteiger partial charge in [-0.25, -0.2) is 8.81 Å². The normalized spacial score (nSPS) is 10.8. The maximum atomic E-state index is 13.8. The molecule has 0 spiro atoms. The fraction of sp³-hybridized carbons (Fsp3) is 0.476. The van der Waals surface area contributed by atoms with E-state index in [1.807, 2.05) is 6.07 Å². The Morgan fingerprint density at radius 2 is 1.71 bits per heavy atom. The largest absolute Gasteiger partial charge is 0.494 e. The van der Waals surface area contributed by atoms with Crippen LogP contribution in [0.25, 0.3) is 11.3 Å². The molecule has 0 unspecified atom stereocenters. The van der Waals surface area contributed by atoms with Crippen LogP contribution in [-0.2, 0) is 6.42 Å². The summed E-state index contributed by atoms with van der Waals surface area (Å²) < 4.78 is 24.4. The molecule has 1 aromatic carbocycles. The molecule has 0 aliphatic carbocycles. The quantitative estimate of drug-likeness (QED) is 0.358. The van der Waals surface area contributed by atoms with Crippen LogP contribution in [-0.4, -0.2) is 7.11 Å². The summed E-state index contributed by atoms with van der Waals surface area (Å²) in [5.74, 6) is 0.534. The van der Waals surface area contributed by atoms with Gasteiger partial charge in [0.15, 0.2) is 11.6 Å². The van der Waals surface area contributed by atoms with Crippen molar-refractivity contribution >= 4 is 0 Å². The molecule has 1 aromatic heterocycles. The molecule has 0 aliphatic rings. The van der Waals surface area contributed by atoms with Crippen LogP contribution in [0.3, 0.4) is 0 Å². The highest BCUT2D eigenvalue weighted by molar-refractivity contribution is 5.58. The topological polar surface area (TPSA) is 20.5 Å². The van der Waals surface area contributed by atoms with Crippen molar-refractivity contribution in [3.63, 3.8) is 0 Å². The number of benzene rings is 1. The third-order valence-electron chi connectivity index (χ3n) is 4.29. The highest BCUT2D eigenvalue weighted by atomic mass is 19.1. The summed E-state index contributed by atoms with van der Waals surface area (Å²) in [6, 6.07) is 8.84. The van der Waals surface area contributed by atoms with Crippen molar-refractivity contribution in [2.24, 2.45) is 0 Å². The SMILES string of the molecule is CCCCCCCCCc1ccc(-c2ccc(OC)c(F)c2)[o+]c1. The number of ether oxygens (including phenoxy) is 1. The molecule has 1 heterocycles. The molecule has 2 rings (SSSR count). The van der Waals surface area contributed by atoms with E-state index in [9.17, 15) is 4.39 Å². The minimum Gasteiger partial charge on any atom is -0.494 e. The first-order valence-electron chi connectivity index (χ1n) is 8.99. The smallest absolute Gasteiger partial charge is 0.359 e. The van der Waals surface area contributed by atoms with Crippen molar-refractivity contribution in [3.8, 4) is 17.1 Å². The minimum absolute atomic E-state index is 0.245. The highest BCUT2D eigenvalue weighted by Crippen LogP contribution is 2.26. The summed E-state index contributed by atoms with van der Waals surface area (Å²) in [6.07, 6.45) is 12.0. The van der Waals surface area contributed by atoms with Gasteiger partial charge in [0.25, 0.3) is 0 Å². The van der Waals surface area contributed by atoms with Gasteiger partial charge in [0.1, 0.15) is 0 Å². The van der Waals surface area contributed by atoms with Crippen LogP contribution in [0, 0.1) is 5.82 Å². The molecular weight excluding hydrogens is 303 g/mol. The molecule has 0 amide bonds. The summed E-state index contributed by atoms with van der Waals surface area (Å²) in [4.78, 5) is 0. The third kappa shape index (κ3) is 5.63. The number of rotatable bonds is 10. The lowest BCUT2D eigenvalue weighted by atomic mass is 10.1. The van der Waals surface area contributed by atoms with Crippen LogP contribution in [0.2, 0.25) is 0 Å². The van der Waals surface area contributed by atoms with E-state index in [0.717, 1.165) is 12.0 Å². The highest BCUT2D eigenvalue weighted by Gasteiger charge is 2.14. The second-order valence-electron chi connectivity index (χ2n) is 6.23. The van der Waals surface area contributed by atoms with Crippen molar-refractivity contribution in [2.45, 2.75) is 58.3 Å². The Kier molecular flexibility index (Phi) is 7.73. The number of methoxy groups -OCH3 is 1. The maximum Gasteiger partial charge on any atom is 0.359 e. The molecule has 0 N–H and O–H groups in total. The molecule has 2 aromatic rings. The molecule has 0 bridgehead atoms. The number of aryl methyl sites for hydroxylation is 1. The molecule has 0 saturated heterocycles. The fourth-order valence-electron chi connectivity index (χ4n) is 2.81. The van der Waals surface area contributed by atoms with E-state index in [1.54, 1.807) is 18.4 Å². The summed E-state index contributed by atoms with van der Waals surface area (Å²) in [6.45, 7) is 2.24. The van der Waals surface area contributed by atoms with Gasteiger partial charge in [-0.3, -0.25) is 0 Å². The molecule has 24 heavy (non-hydrogen) atoms. The van der Waals surface area contributed by atoms with Crippen LogP contribution in [0.15, 0.2) is 41.0 Å². The Hall–Kier alpha value is -1.90. The zero-order valence-corrected chi connectivity index (χ0v) is 14.8. The molecular formula is C21H28FO2+. The Bertz CT molecular complexity index is 608. The summed E-state index contributed by atoms with van der Waals surface area (Å²) in [7, 11) is 1.46. The second-order valence-corrected chi connectivity index (χ2v) is 6.23. The Balaban J connectivity index is 1.81. The van der Waals surface area contributed by atoms with E-state index in [0.29, 0.717) is 5.76 Å². The lowest BCUT2D eigenvalue weighted by Crippen LogP contribution is -1.89. The predicted molar refractivity (Wildman–Crippen MR) is 96.8 cm³/mol. The number of hydrogen-bond donors (Lipinski definition) is 0. The number of hydrogen-bond acceptors (Lipinski definition) is 1. The molecule has 2 nitrogen and oxygen atoms in total. The summed E-state index contributed by atoms with van der Waals surface area (Å²) >= 11 is 0. The van der Waals surface area contributed by atoms with Crippen LogP contribution < -0.4 is 4.74 Å². The summed E-state index contributed by atoms with van der Waals surface area (Å²) in [5, 5.41) is 0. The van der Waals surface area contributed by atoms with Crippen LogP contribution >= 0.6 is 0 Å². The van der Waals surface area contributed by atoms with Gasteiger partial charge >= 0.3 is 12.0 Å². The van der Waals surface area contributed by atoms with E-state index >= 15 is 0 Å². The Morgan fingerprint density at radius 3 is 2.33 bits per heavy atom. The van der Waals surface area contributed by atoms with Crippen molar-refractivity contribution in [2.75, 3.05) is 7.11 Å². The molecule has 0 saturated carbocycles. The lowest BCUT2D eigenvalue weighted by molar-refractivity contribution is 0.386. The minimum atomic E-state index is -0.377. The Labute approximate surface area is 144 Å². The molecule has 130 valence electrons. The van der Waals surface area contributed by atoms with Crippen LogP contribution in [0.1, 0.15) is 57.4 Å². The average Bonchev–Trinajstić information content (AvgIpc) is 2.61. The first-order chi connectivity index (χ1) is 11.7. The van der Waals surface area contributed by atoms with Gasteiger partial charge in [-0.2, -0.15) is 0 Å². The van der Waals surface area contributed by atoms with Crippen molar-refractivity contribution < 1.29 is 13.5 Å². The fourth-order valence-corrected chi connectivity index (χ4v) is 2.81. The molecule has 0 atom stereocenters. The predicted octanol–water partition coefficient (Wildman–Crippen LogP) is 6.67. The van der Waals surface area contributed by atoms with E-state index in [1.165, 1.54) is 63.7 Å². The summed E-state index contributed by atoms with van der Waals surface area (Å²) in [5.41, 5.74) is 1.91. The van der Waals surface area contributed by atoms with Gasteiger partial charge in [-0.1, -0.05) is 45.4 Å². The lowest BCUT2D eigenvalue weighted by Gasteiger charge is -2.02. The zero-order valence-electron chi connectivity index (χ0n) is 14.8. The Morgan fingerprint density at radius 1 is 0.958 bits per heavy atom. The van der Waals surface area contributed by atoms with E-state index in [2.05, 4.69) is 13.0 Å². The van der Waals surface area contributed by atoms with Gasteiger partial charge in [-0.15, -0.1) is 0 Å². The van der Waals surface area contributed by atoms with Crippen LogP contribution in [0.4, 0.5) is 4.39 Å². The van der Waals surface area contributed by atoms with Crippen molar-refractivity contribution in [1.82, 2.24) is 0 Å². The first-order valence-corrected chi connectivity index (χ1v) is 8.99. The first kappa shape index (κ1) is 18.4. The van der Waals surface area contributed by atoms with E-state index in [4.69, 9.17) is 9.15 Å². The van der Waals surface area contributed by atoms with Gasteiger partial charge in [0.05, 0.1) is 12.7 Å². The standard InChI is InChI=1S/C21H28FO2/c1-3-4-5-6-7-8-9-10-17-11-13-20(24-16-17)18-12-14-21(23-2)19(22)15-18/h11-16H,3-10H2,1-2H3/q+1. The maximum absolute atomic E-state index is 13.8. The third-order valence-corrected chi connectivity index (χ3v) is 4.29. The van der Waals surface area contributed by atoms with Gasteiger partial charge in [0.2, 0.25) is 0 Å². The zero-order chi connectivity index (χ0) is 17.2.